The van der Waals surface area contributed by atoms with Gasteiger partial charge in [-0.1, -0.05) is 12.1 Å². The highest BCUT2D eigenvalue weighted by Crippen LogP contribution is 2.34. The number of benzene rings is 2. The average Bonchev–Trinajstić information content (AvgIpc) is 2.45. The van der Waals surface area contributed by atoms with Gasteiger partial charge >= 0.3 is 0 Å². The molecule has 0 heterocycles. The van der Waals surface area contributed by atoms with Crippen molar-refractivity contribution in [2.45, 2.75) is 13.0 Å². The molecule has 2 aromatic carbocycles. The van der Waals surface area contributed by atoms with Gasteiger partial charge in [0.25, 0.3) is 5.69 Å². The molecule has 0 saturated heterocycles. The molecule has 0 radical (unpaired) electrons. The van der Waals surface area contributed by atoms with Crippen molar-refractivity contribution in [1.29, 1.82) is 0 Å². The van der Waals surface area contributed by atoms with Gasteiger partial charge in [0, 0.05) is 18.8 Å². The van der Waals surface area contributed by atoms with Gasteiger partial charge in [0.1, 0.15) is 11.5 Å². The molecular weight excluding hydrogens is 275 g/mol. The topological polar surface area (TPSA) is 66.6 Å². The highest BCUT2D eigenvalue weighted by molar-refractivity contribution is 5.72. The predicted octanol–water partition coefficient (Wildman–Crippen LogP) is 3.56. The molecule has 0 fully saturated rings. The highest BCUT2D eigenvalue weighted by atomic mass is 19.1. The van der Waals surface area contributed by atoms with Gasteiger partial charge in [-0.15, -0.1) is 0 Å². The third-order valence-corrected chi connectivity index (χ3v) is 3.24. The Morgan fingerprint density at radius 2 is 2.00 bits per heavy atom. The van der Waals surface area contributed by atoms with Gasteiger partial charge in [-0.3, -0.25) is 10.1 Å². The molecule has 2 aromatic rings. The number of nitrogens with zero attached hydrogens (tertiary/aromatic N) is 2. The normalized spacial score (nSPS) is 12.0. The zero-order chi connectivity index (χ0) is 15.6. The van der Waals surface area contributed by atoms with Crippen LogP contribution in [0.15, 0.2) is 42.5 Å². The van der Waals surface area contributed by atoms with Gasteiger partial charge in [0.15, 0.2) is 0 Å². The van der Waals surface area contributed by atoms with Crippen LogP contribution in [0.5, 0.6) is 0 Å². The molecule has 2 rings (SSSR count). The third kappa shape index (κ3) is 3.17. The summed E-state index contributed by atoms with van der Waals surface area (Å²) >= 11 is 0. The highest BCUT2D eigenvalue weighted by Gasteiger charge is 2.20. The van der Waals surface area contributed by atoms with Crippen LogP contribution < -0.4 is 4.90 Å². The van der Waals surface area contributed by atoms with E-state index in [-0.39, 0.29) is 5.69 Å². The molecule has 0 spiro atoms. The minimum Gasteiger partial charge on any atom is -0.389 e. The molecule has 0 unspecified atom stereocenters. The Labute approximate surface area is 121 Å². The lowest BCUT2D eigenvalue weighted by Crippen LogP contribution is -2.12. The number of rotatable bonds is 4. The third-order valence-electron chi connectivity index (χ3n) is 3.24. The first-order valence-corrected chi connectivity index (χ1v) is 6.36. The number of nitro groups is 1. The maximum absolute atomic E-state index is 13.3. The van der Waals surface area contributed by atoms with Crippen LogP contribution in [-0.2, 0) is 0 Å². The summed E-state index contributed by atoms with van der Waals surface area (Å²) in [6, 6.07) is 10.3. The number of hydrogen-bond acceptors (Lipinski definition) is 4. The maximum atomic E-state index is 13.3. The molecule has 0 bridgehead atoms. The predicted molar refractivity (Wildman–Crippen MR) is 78.2 cm³/mol. The summed E-state index contributed by atoms with van der Waals surface area (Å²) < 4.78 is 13.3. The summed E-state index contributed by atoms with van der Waals surface area (Å²) in [6.07, 6.45) is -0.794. The van der Waals surface area contributed by atoms with E-state index in [1.165, 1.54) is 36.1 Å². The number of halogens is 1. The molecule has 21 heavy (non-hydrogen) atoms. The van der Waals surface area contributed by atoms with Crippen molar-refractivity contribution in [3.05, 3.63) is 64.0 Å². The van der Waals surface area contributed by atoms with Gasteiger partial charge in [0.05, 0.1) is 11.0 Å². The lowest BCUT2D eigenvalue weighted by molar-refractivity contribution is -0.384. The molecule has 0 aliphatic heterocycles. The summed E-state index contributed by atoms with van der Waals surface area (Å²) in [6.45, 7) is 1.54. The van der Waals surface area contributed by atoms with Crippen molar-refractivity contribution in [3.63, 3.8) is 0 Å². The van der Waals surface area contributed by atoms with Gasteiger partial charge in [-0.25, -0.2) is 4.39 Å². The first-order valence-electron chi connectivity index (χ1n) is 6.36. The number of hydrogen-bond donors (Lipinski definition) is 1. The van der Waals surface area contributed by atoms with E-state index >= 15 is 0 Å². The summed E-state index contributed by atoms with van der Waals surface area (Å²) in [5.74, 6) is -0.414. The minimum atomic E-state index is -0.794. The summed E-state index contributed by atoms with van der Waals surface area (Å²) in [7, 11) is 1.62. The Kier molecular flexibility index (Phi) is 4.18. The molecule has 0 amide bonds. The minimum absolute atomic E-state index is 0.139. The van der Waals surface area contributed by atoms with E-state index < -0.39 is 16.8 Å². The van der Waals surface area contributed by atoms with Crippen LogP contribution in [-0.4, -0.2) is 17.1 Å². The van der Waals surface area contributed by atoms with Gasteiger partial charge in [-0.05, 0) is 36.8 Å². The number of aliphatic hydroxyl groups is 1. The molecule has 0 aromatic heterocycles. The van der Waals surface area contributed by atoms with Crippen molar-refractivity contribution in [1.82, 2.24) is 0 Å². The van der Waals surface area contributed by atoms with Crippen LogP contribution in [0.1, 0.15) is 18.6 Å². The van der Waals surface area contributed by atoms with Crippen LogP contribution in [0.4, 0.5) is 21.5 Å². The number of nitro benzene ring substituents is 1. The molecule has 6 heteroatoms. The van der Waals surface area contributed by atoms with Crippen LogP contribution in [0.3, 0.4) is 0 Å². The fourth-order valence-corrected chi connectivity index (χ4v) is 2.05. The lowest BCUT2D eigenvalue weighted by atomic mass is 10.1. The molecule has 1 atom stereocenters. The first kappa shape index (κ1) is 14.9. The summed E-state index contributed by atoms with van der Waals surface area (Å²) in [5, 5.41) is 20.7. The van der Waals surface area contributed by atoms with E-state index in [1.807, 2.05) is 0 Å². The SMILES string of the molecule is C[C@H](O)c1ccc(N(C)c2cccc(F)c2)c([N+](=O)[O-])c1. The van der Waals surface area contributed by atoms with Gasteiger partial charge < -0.3 is 10.0 Å². The van der Waals surface area contributed by atoms with Crippen molar-refractivity contribution >= 4 is 17.1 Å². The molecule has 0 aliphatic rings. The molecule has 0 saturated carbocycles. The van der Waals surface area contributed by atoms with Gasteiger partial charge in [-0.2, -0.15) is 0 Å². The van der Waals surface area contributed by atoms with E-state index in [9.17, 15) is 19.6 Å². The second-order valence-corrected chi connectivity index (χ2v) is 4.72. The molecule has 1 N–H and O–H groups in total. The zero-order valence-corrected chi connectivity index (χ0v) is 11.7. The largest absolute Gasteiger partial charge is 0.389 e. The molecule has 0 aliphatic carbocycles. The zero-order valence-electron chi connectivity index (χ0n) is 11.7. The van der Waals surface area contributed by atoms with E-state index in [0.29, 0.717) is 16.9 Å². The smallest absolute Gasteiger partial charge is 0.293 e. The van der Waals surface area contributed by atoms with Crippen molar-refractivity contribution < 1.29 is 14.4 Å². The van der Waals surface area contributed by atoms with E-state index in [2.05, 4.69) is 0 Å². The van der Waals surface area contributed by atoms with Gasteiger partial charge in [0.2, 0.25) is 0 Å². The fraction of sp³-hybridized carbons (Fsp3) is 0.200. The van der Waals surface area contributed by atoms with Crippen LogP contribution in [0.2, 0.25) is 0 Å². The Morgan fingerprint density at radius 1 is 1.29 bits per heavy atom. The maximum Gasteiger partial charge on any atom is 0.293 e. The van der Waals surface area contributed by atoms with Crippen molar-refractivity contribution in [2.75, 3.05) is 11.9 Å². The monoisotopic (exact) mass is 290 g/mol. The summed E-state index contributed by atoms with van der Waals surface area (Å²) in [5.41, 5.74) is 1.15. The molecular formula is C15H15FN2O3. The van der Waals surface area contributed by atoms with E-state index in [0.717, 1.165) is 0 Å². The first-order chi connectivity index (χ1) is 9.90. The van der Waals surface area contributed by atoms with Crippen molar-refractivity contribution in [3.8, 4) is 0 Å². The number of aliphatic hydroxyl groups excluding tert-OH is 1. The Morgan fingerprint density at radius 3 is 2.57 bits per heavy atom. The van der Waals surface area contributed by atoms with Crippen LogP contribution >= 0.6 is 0 Å². The van der Waals surface area contributed by atoms with Crippen LogP contribution in [0, 0.1) is 15.9 Å². The Balaban J connectivity index is 2.50. The Hall–Kier alpha value is -2.47. The second kappa shape index (κ2) is 5.88. The average molecular weight is 290 g/mol. The molecule has 110 valence electrons. The second-order valence-electron chi connectivity index (χ2n) is 4.72. The van der Waals surface area contributed by atoms with Crippen molar-refractivity contribution in [2.24, 2.45) is 0 Å². The fourth-order valence-electron chi connectivity index (χ4n) is 2.05. The lowest BCUT2D eigenvalue weighted by Gasteiger charge is -2.20. The van der Waals surface area contributed by atoms with E-state index in [4.69, 9.17) is 0 Å². The number of anilines is 2. The molecule has 5 nitrogen and oxygen atoms in total. The van der Waals surface area contributed by atoms with E-state index in [1.54, 1.807) is 25.2 Å². The summed E-state index contributed by atoms with van der Waals surface area (Å²) in [4.78, 5) is 12.2. The Bertz CT molecular complexity index is 674. The quantitative estimate of drug-likeness (QED) is 0.690. The van der Waals surface area contributed by atoms with Crippen LogP contribution in [0.25, 0.3) is 0 Å². The standard InChI is InChI=1S/C15H15FN2O3/c1-10(19)11-6-7-14(15(8-11)18(20)21)17(2)13-5-3-4-12(16)9-13/h3-10,19H,1-2H3/t10-/m0/s1.